The second kappa shape index (κ2) is 8.18. The molecule has 1 aromatic rings. The summed E-state index contributed by atoms with van der Waals surface area (Å²) in [6, 6.07) is 10.5. The molecule has 96 valence electrons. The molecule has 0 bridgehead atoms. The zero-order chi connectivity index (χ0) is 12.5. The van der Waals surface area contributed by atoms with E-state index in [4.69, 9.17) is 9.16 Å². The first-order chi connectivity index (χ1) is 8.31. The molecule has 17 heavy (non-hydrogen) atoms. The zero-order valence-corrected chi connectivity index (χ0v) is 12.4. The van der Waals surface area contributed by atoms with E-state index >= 15 is 0 Å². The maximum absolute atomic E-state index is 6.19. The molecule has 0 aliphatic carbocycles. The average molecular weight is 252 g/mol. The van der Waals surface area contributed by atoms with Crippen LogP contribution in [0.1, 0.15) is 33.6 Å². The Morgan fingerprint density at radius 1 is 0.941 bits per heavy atom. The fourth-order valence-electron chi connectivity index (χ4n) is 1.91. The molecule has 1 rings (SSSR count). The maximum Gasteiger partial charge on any atom is 0.235 e. The normalized spacial score (nSPS) is 10.6. The summed E-state index contributed by atoms with van der Waals surface area (Å²) in [6.45, 7) is 7.15. The number of ether oxygens (including phenoxy) is 1. The van der Waals surface area contributed by atoms with Gasteiger partial charge in [0.1, 0.15) is 5.75 Å². The van der Waals surface area contributed by atoms with Crippen LogP contribution in [0.3, 0.4) is 0 Å². The SMILES string of the molecule is CCC[SiH](CCC)Oc1ccccc1OCC. The van der Waals surface area contributed by atoms with E-state index in [1.54, 1.807) is 0 Å². The van der Waals surface area contributed by atoms with Gasteiger partial charge in [0.15, 0.2) is 5.75 Å². The Balaban J connectivity index is 2.69. The van der Waals surface area contributed by atoms with Crippen LogP contribution in [0, 0.1) is 0 Å². The van der Waals surface area contributed by atoms with Gasteiger partial charge in [0.2, 0.25) is 9.04 Å². The average Bonchev–Trinajstić information content (AvgIpc) is 2.33. The molecular weight excluding hydrogens is 228 g/mol. The minimum absolute atomic E-state index is 0.689. The van der Waals surface area contributed by atoms with E-state index < -0.39 is 9.04 Å². The monoisotopic (exact) mass is 252 g/mol. The highest BCUT2D eigenvalue weighted by Crippen LogP contribution is 2.28. The Kier molecular flexibility index (Phi) is 6.78. The fourth-order valence-corrected chi connectivity index (χ4v) is 4.27. The molecule has 0 spiro atoms. The Bertz CT molecular complexity index is 309. The van der Waals surface area contributed by atoms with E-state index in [1.165, 1.54) is 24.9 Å². The molecule has 0 saturated heterocycles. The summed E-state index contributed by atoms with van der Waals surface area (Å²) in [4.78, 5) is 0. The van der Waals surface area contributed by atoms with Crippen molar-refractivity contribution in [1.29, 1.82) is 0 Å². The number of benzene rings is 1. The van der Waals surface area contributed by atoms with Crippen molar-refractivity contribution in [1.82, 2.24) is 0 Å². The summed E-state index contributed by atoms with van der Waals surface area (Å²) in [6.07, 6.45) is 2.43. The van der Waals surface area contributed by atoms with Crippen molar-refractivity contribution in [3.8, 4) is 11.5 Å². The Labute approximate surface area is 107 Å². The topological polar surface area (TPSA) is 18.5 Å². The number of para-hydroxylation sites is 2. The van der Waals surface area contributed by atoms with Gasteiger partial charge >= 0.3 is 0 Å². The zero-order valence-electron chi connectivity index (χ0n) is 11.2. The van der Waals surface area contributed by atoms with Crippen LogP contribution >= 0.6 is 0 Å². The van der Waals surface area contributed by atoms with Gasteiger partial charge in [0.05, 0.1) is 6.61 Å². The minimum atomic E-state index is -1.09. The third-order valence-corrected chi connectivity index (χ3v) is 5.69. The van der Waals surface area contributed by atoms with E-state index in [0.717, 1.165) is 11.5 Å². The molecule has 0 amide bonds. The lowest BCUT2D eigenvalue weighted by atomic mass is 10.3. The molecule has 0 radical (unpaired) electrons. The second-order valence-corrected chi connectivity index (χ2v) is 6.83. The van der Waals surface area contributed by atoms with Crippen molar-refractivity contribution in [2.24, 2.45) is 0 Å². The number of rotatable bonds is 8. The molecule has 3 heteroatoms. The quantitative estimate of drug-likeness (QED) is 0.651. The molecule has 1 aromatic carbocycles. The van der Waals surface area contributed by atoms with Crippen molar-refractivity contribution in [3.63, 3.8) is 0 Å². The van der Waals surface area contributed by atoms with Gasteiger partial charge in [0.25, 0.3) is 0 Å². The lowest BCUT2D eigenvalue weighted by Gasteiger charge is -2.19. The molecule has 0 saturated carbocycles. The van der Waals surface area contributed by atoms with Crippen LogP contribution in [0.25, 0.3) is 0 Å². The van der Waals surface area contributed by atoms with Gasteiger partial charge in [0, 0.05) is 0 Å². The Morgan fingerprint density at radius 2 is 1.53 bits per heavy atom. The first kappa shape index (κ1) is 14.1. The molecule has 0 N–H and O–H groups in total. The molecular formula is C14H24O2Si. The molecule has 0 unspecified atom stereocenters. The molecule has 0 aromatic heterocycles. The predicted octanol–water partition coefficient (Wildman–Crippen LogP) is 4.01. The van der Waals surface area contributed by atoms with Crippen molar-refractivity contribution < 1.29 is 9.16 Å². The summed E-state index contributed by atoms with van der Waals surface area (Å²) in [7, 11) is -1.09. The second-order valence-electron chi connectivity index (χ2n) is 4.20. The van der Waals surface area contributed by atoms with Crippen molar-refractivity contribution in [3.05, 3.63) is 24.3 Å². The van der Waals surface area contributed by atoms with Gasteiger partial charge in [-0.1, -0.05) is 38.8 Å². The van der Waals surface area contributed by atoms with E-state index in [1.807, 2.05) is 31.2 Å². The van der Waals surface area contributed by atoms with Gasteiger partial charge in [-0.2, -0.15) is 0 Å². The first-order valence-corrected chi connectivity index (χ1v) is 8.80. The van der Waals surface area contributed by atoms with Crippen molar-refractivity contribution >= 4 is 9.04 Å². The maximum atomic E-state index is 6.19. The molecule has 0 fully saturated rings. The lowest BCUT2D eigenvalue weighted by Crippen LogP contribution is -2.21. The van der Waals surface area contributed by atoms with Crippen LogP contribution in [-0.4, -0.2) is 15.6 Å². The summed E-state index contributed by atoms with van der Waals surface area (Å²) < 4.78 is 11.8. The Hall–Kier alpha value is -0.963. The van der Waals surface area contributed by atoms with Gasteiger partial charge in [-0.15, -0.1) is 0 Å². The lowest BCUT2D eigenvalue weighted by molar-refractivity contribution is 0.327. The number of hydrogen-bond acceptors (Lipinski definition) is 2. The van der Waals surface area contributed by atoms with Gasteiger partial charge in [-0.25, -0.2) is 0 Å². The third-order valence-electron chi connectivity index (χ3n) is 2.66. The fraction of sp³-hybridized carbons (Fsp3) is 0.571. The molecule has 0 atom stereocenters. The van der Waals surface area contributed by atoms with Crippen LogP contribution in [-0.2, 0) is 0 Å². The molecule has 0 aliphatic heterocycles. The summed E-state index contributed by atoms with van der Waals surface area (Å²) in [5.41, 5.74) is 0. The van der Waals surface area contributed by atoms with Crippen LogP contribution < -0.4 is 9.16 Å². The molecule has 2 nitrogen and oxygen atoms in total. The van der Waals surface area contributed by atoms with Crippen molar-refractivity contribution in [2.45, 2.75) is 45.7 Å². The summed E-state index contributed by atoms with van der Waals surface area (Å²) >= 11 is 0. The van der Waals surface area contributed by atoms with Crippen LogP contribution in [0.15, 0.2) is 24.3 Å². The first-order valence-electron chi connectivity index (χ1n) is 6.70. The molecule has 0 heterocycles. The smallest absolute Gasteiger partial charge is 0.235 e. The largest absolute Gasteiger partial charge is 0.544 e. The van der Waals surface area contributed by atoms with Gasteiger partial charge in [-0.3, -0.25) is 0 Å². The highest BCUT2D eigenvalue weighted by Gasteiger charge is 2.13. The third kappa shape index (κ3) is 4.82. The van der Waals surface area contributed by atoms with E-state index in [-0.39, 0.29) is 0 Å². The standard InChI is InChI=1S/C14H24O2Si/c1-4-11-17(12-5-2)16-14-10-8-7-9-13(14)15-6-3/h7-10,17H,4-6,11-12H2,1-3H3. The highest BCUT2D eigenvalue weighted by atomic mass is 28.3. The van der Waals surface area contributed by atoms with E-state index in [9.17, 15) is 0 Å². The minimum Gasteiger partial charge on any atom is -0.544 e. The van der Waals surface area contributed by atoms with Crippen LogP contribution in [0.4, 0.5) is 0 Å². The predicted molar refractivity (Wildman–Crippen MR) is 75.6 cm³/mol. The molecule has 0 aliphatic rings. The van der Waals surface area contributed by atoms with E-state index in [0.29, 0.717) is 6.61 Å². The Morgan fingerprint density at radius 3 is 2.06 bits per heavy atom. The highest BCUT2D eigenvalue weighted by molar-refractivity contribution is 6.52. The summed E-state index contributed by atoms with van der Waals surface area (Å²) in [5.74, 6) is 1.83. The van der Waals surface area contributed by atoms with Crippen molar-refractivity contribution in [2.75, 3.05) is 6.61 Å². The van der Waals surface area contributed by atoms with E-state index in [2.05, 4.69) is 13.8 Å². The summed E-state index contributed by atoms with van der Waals surface area (Å²) in [5, 5.41) is 0. The van der Waals surface area contributed by atoms with Gasteiger partial charge in [-0.05, 0) is 31.1 Å². The van der Waals surface area contributed by atoms with Crippen LogP contribution in [0.5, 0.6) is 11.5 Å². The van der Waals surface area contributed by atoms with Crippen LogP contribution in [0.2, 0.25) is 12.1 Å². The number of hydrogen-bond donors (Lipinski definition) is 0. The van der Waals surface area contributed by atoms with Gasteiger partial charge < -0.3 is 9.16 Å².